The molecular weight excluding hydrogens is 440 g/mol. The number of ether oxygens (including phenoxy) is 2. The fraction of sp³-hybridized carbons (Fsp3) is 0.259. The molecule has 35 heavy (non-hydrogen) atoms. The second-order valence-electron chi connectivity index (χ2n) is 8.64. The third-order valence-electron chi connectivity index (χ3n) is 5.84. The molecule has 0 aromatic heterocycles. The van der Waals surface area contributed by atoms with Crippen molar-refractivity contribution in [3.63, 3.8) is 0 Å². The lowest BCUT2D eigenvalue weighted by molar-refractivity contribution is 0.414. The summed E-state index contributed by atoms with van der Waals surface area (Å²) in [6.45, 7) is 3.47. The summed E-state index contributed by atoms with van der Waals surface area (Å²) in [6.07, 6.45) is 0. The van der Waals surface area contributed by atoms with Gasteiger partial charge in [-0.3, -0.25) is 10.8 Å². The molecule has 184 valence electrons. The normalized spacial score (nSPS) is 10.5. The van der Waals surface area contributed by atoms with Gasteiger partial charge in [-0.05, 0) is 54.4 Å². The van der Waals surface area contributed by atoms with Gasteiger partial charge in [-0.25, -0.2) is 0 Å². The fourth-order valence-corrected chi connectivity index (χ4v) is 4.17. The number of hydrogen-bond donors (Lipinski definition) is 4. The molecule has 0 spiro atoms. The summed E-state index contributed by atoms with van der Waals surface area (Å²) in [5.41, 5.74) is 17.9. The van der Waals surface area contributed by atoms with E-state index >= 15 is 0 Å². The van der Waals surface area contributed by atoms with Crippen LogP contribution in [0.25, 0.3) is 0 Å². The van der Waals surface area contributed by atoms with Crippen LogP contribution >= 0.6 is 0 Å². The molecule has 0 atom stereocenters. The van der Waals surface area contributed by atoms with Crippen LogP contribution in [0, 0.1) is 17.7 Å². The highest BCUT2D eigenvalue weighted by molar-refractivity contribution is 5.96. The Kier molecular flexibility index (Phi) is 7.86. The minimum atomic E-state index is 0.0116. The molecule has 0 saturated heterocycles. The van der Waals surface area contributed by atoms with Gasteiger partial charge in [-0.15, -0.1) is 0 Å². The van der Waals surface area contributed by atoms with Crippen molar-refractivity contribution in [2.75, 3.05) is 38.1 Å². The number of nitrogens with one attached hydrogen (secondary N) is 2. The number of nitrogens with zero attached hydrogens (tertiary/aromatic N) is 2. The zero-order chi connectivity index (χ0) is 25.7. The molecule has 0 aliphatic rings. The Morgan fingerprint density at radius 3 is 1.46 bits per heavy atom. The number of aryl methyl sites for hydroxylation is 1. The molecule has 3 rings (SSSR count). The molecule has 3 aromatic rings. The van der Waals surface area contributed by atoms with E-state index in [9.17, 15) is 0 Å². The molecule has 0 aliphatic heterocycles. The van der Waals surface area contributed by atoms with Crippen LogP contribution in [0.15, 0.2) is 54.6 Å². The van der Waals surface area contributed by atoms with Crippen LogP contribution in [0.4, 0.5) is 11.4 Å². The van der Waals surface area contributed by atoms with Gasteiger partial charge in [0.2, 0.25) is 0 Å². The smallest absolute Gasteiger partial charge is 0.142 e. The topological polar surface area (TPSA) is 125 Å². The Bertz CT molecular complexity index is 1150. The van der Waals surface area contributed by atoms with Gasteiger partial charge in [0.25, 0.3) is 0 Å². The summed E-state index contributed by atoms with van der Waals surface area (Å²) in [4.78, 5) is 4.24. The van der Waals surface area contributed by atoms with Gasteiger partial charge in [0.05, 0.1) is 25.6 Å². The molecule has 0 amide bonds. The number of nitrogens with two attached hydrogens (primary N) is 2. The van der Waals surface area contributed by atoms with Crippen molar-refractivity contribution >= 4 is 23.0 Å². The lowest BCUT2D eigenvalue weighted by atomic mass is 10.0. The summed E-state index contributed by atoms with van der Waals surface area (Å²) >= 11 is 0. The van der Waals surface area contributed by atoms with E-state index in [4.69, 9.17) is 31.8 Å². The number of benzene rings is 3. The first kappa shape index (κ1) is 25.4. The first-order chi connectivity index (χ1) is 16.6. The van der Waals surface area contributed by atoms with E-state index in [-0.39, 0.29) is 11.7 Å². The predicted molar refractivity (Wildman–Crippen MR) is 143 cm³/mol. The monoisotopic (exact) mass is 474 g/mol. The first-order valence-electron chi connectivity index (χ1n) is 11.2. The Morgan fingerprint density at radius 1 is 0.714 bits per heavy atom. The molecule has 3 aromatic carbocycles. The van der Waals surface area contributed by atoms with E-state index < -0.39 is 0 Å². The van der Waals surface area contributed by atoms with Crippen LogP contribution < -0.4 is 30.7 Å². The van der Waals surface area contributed by atoms with E-state index in [1.165, 1.54) is 16.7 Å². The van der Waals surface area contributed by atoms with E-state index in [1.54, 1.807) is 26.4 Å². The van der Waals surface area contributed by atoms with Crippen molar-refractivity contribution < 1.29 is 9.47 Å². The van der Waals surface area contributed by atoms with E-state index in [0.29, 0.717) is 35.7 Å². The number of amidine groups is 2. The summed E-state index contributed by atoms with van der Waals surface area (Å²) < 4.78 is 11.1. The van der Waals surface area contributed by atoms with Crippen LogP contribution in [0.3, 0.4) is 0 Å². The maximum absolute atomic E-state index is 7.67. The highest BCUT2D eigenvalue weighted by Gasteiger charge is 2.14. The molecule has 0 unspecified atom stereocenters. The lowest BCUT2D eigenvalue weighted by Crippen LogP contribution is -2.20. The summed E-state index contributed by atoms with van der Waals surface area (Å²) in [5, 5.41) is 15.3. The van der Waals surface area contributed by atoms with E-state index in [1.807, 2.05) is 38.4 Å². The average Bonchev–Trinajstić information content (AvgIpc) is 2.82. The zero-order valence-corrected chi connectivity index (χ0v) is 21.0. The standard InChI is InChI=1S/C27H34N6O2/c1-17-10-18(15-32(2)22-8-6-20(26(28)29)13-24(22)34-4)12-19(11-17)16-33(3)23-9-7-21(27(30)31)14-25(23)35-5/h6-14H,15-16H2,1-5H3,(H3,28,29)(H3,30,31). The molecule has 0 heterocycles. The number of rotatable bonds is 10. The summed E-state index contributed by atoms with van der Waals surface area (Å²) in [7, 11) is 7.27. The fourth-order valence-electron chi connectivity index (χ4n) is 4.17. The van der Waals surface area contributed by atoms with Crippen molar-refractivity contribution in [1.82, 2.24) is 0 Å². The van der Waals surface area contributed by atoms with Gasteiger partial charge < -0.3 is 30.7 Å². The van der Waals surface area contributed by atoms with Gasteiger partial charge in [0.15, 0.2) is 0 Å². The molecule has 0 bridgehead atoms. The Labute approximate surface area is 207 Å². The number of anilines is 2. The third-order valence-corrected chi connectivity index (χ3v) is 5.84. The molecule has 8 heteroatoms. The summed E-state index contributed by atoms with van der Waals surface area (Å²) in [6, 6.07) is 17.7. The lowest BCUT2D eigenvalue weighted by Gasteiger charge is -2.25. The van der Waals surface area contributed by atoms with Crippen LogP contribution in [-0.4, -0.2) is 40.0 Å². The third kappa shape index (κ3) is 6.03. The minimum Gasteiger partial charge on any atom is -0.495 e. The van der Waals surface area contributed by atoms with Crippen molar-refractivity contribution in [3.05, 3.63) is 82.4 Å². The molecule has 0 saturated carbocycles. The van der Waals surface area contributed by atoms with Gasteiger partial charge in [-0.1, -0.05) is 23.8 Å². The van der Waals surface area contributed by atoms with Crippen molar-refractivity contribution in [1.29, 1.82) is 10.8 Å². The molecule has 0 fully saturated rings. The van der Waals surface area contributed by atoms with Crippen LogP contribution in [0.1, 0.15) is 27.8 Å². The van der Waals surface area contributed by atoms with E-state index in [0.717, 1.165) is 11.4 Å². The van der Waals surface area contributed by atoms with Gasteiger partial charge in [0, 0.05) is 38.3 Å². The predicted octanol–water partition coefficient (Wildman–Crippen LogP) is 3.85. The minimum absolute atomic E-state index is 0.0116. The number of nitrogen functional groups attached to an aromatic ring is 2. The van der Waals surface area contributed by atoms with Gasteiger partial charge in [-0.2, -0.15) is 0 Å². The maximum Gasteiger partial charge on any atom is 0.142 e. The Morgan fingerprint density at radius 2 is 1.11 bits per heavy atom. The molecular formula is C27H34N6O2. The highest BCUT2D eigenvalue weighted by Crippen LogP contribution is 2.31. The maximum atomic E-state index is 7.67. The zero-order valence-electron chi connectivity index (χ0n) is 21.0. The SMILES string of the molecule is COc1cc(C(=N)N)ccc1N(C)Cc1cc(C)cc(CN(C)c2ccc(C(=N)N)cc2OC)c1. The quantitative estimate of drug-likeness (QED) is 0.261. The molecule has 8 nitrogen and oxygen atoms in total. The first-order valence-corrected chi connectivity index (χ1v) is 11.2. The Hall–Kier alpha value is -4.20. The average molecular weight is 475 g/mol. The highest BCUT2D eigenvalue weighted by atomic mass is 16.5. The Balaban J connectivity index is 1.82. The summed E-state index contributed by atoms with van der Waals surface area (Å²) in [5.74, 6) is 1.37. The second-order valence-corrected chi connectivity index (χ2v) is 8.64. The largest absolute Gasteiger partial charge is 0.495 e. The van der Waals surface area contributed by atoms with E-state index in [2.05, 4.69) is 34.9 Å². The van der Waals surface area contributed by atoms with Crippen LogP contribution in [0.5, 0.6) is 11.5 Å². The van der Waals surface area contributed by atoms with Gasteiger partial charge in [0.1, 0.15) is 23.2 Å². The van der Waals surface area contributed by atoms with Crippen molar-refractivity contribution in [2.24, 2.45) is 11.5 Å². The van der Waals surface area contributed by atoms with Crippen molar-refractivity contribution in [2.45, 2.75) is 20.0 Å². The van der Waals surface area contributed by atoms with Gasteiger partial charge >= 0.3 is 0 Å². The van der Waals surface area contributed by atoms with Crippen LogP contribution in [0.2, 0.25) is 0 Å². The molecule has 0 radical (unpaired) electrons. The number of methoxy groups -OCH3 is 2. The molecule has 6 N–H and O–H groups in total. The number of hydrogen-bond acceptors (Lipinski definition) is 6. The second kappa shape index (κ2) is 10.8. The van der Waals surface area contributed by atoms with Crippen LogP contribution in [-0.2, 0) is 13.1 Å². The molecule has 0 aliphatic carbocycles. The van der Waals surface area contributed by atoms with Crippen molar-refractivity contribution in [3.8, 4) is 11.5 Å².